The van der Waals surface area contributed by atoms with E-state index in [1.165, 1.54) is 6.07 Å². The number of ether oxygens (including phenoxy) is 1. The predicted molar refractivity (Wildman–Crippen MR) is 99.7 cm³/mol. The molecule has 0 aliphatic carbocycles. The van der Waals surface area contributed by atoms with E-state index in [9.17, 15) is 4.39 Å². The van der Waals surface area contributed by atoms with Crippen molar-refractivity contribution in [2.75, 3.05) is 6.61 Å². The predicted octanol–water partition coefficient (Wildman–Crippen LogP) is 4.10. The lowest BCUT2D eigenvalue weighted by molar-refractivity contribution is 0.297. The maximum Gasteiger partial charge on any atom is 0.222 e. The van der Waals surface area contributed by atoms with Gasteiger partial charge in [-0.15, -0.1) is 5.10 Å². The molecule has 0 saturated heterocycles. The molecule has 26 heavy (non-hydrogen) atoms. The Balaban J connectivity index is 1.96. The molecule has 2 aromatic heterocycles. The third-order valence-electron chi connectivity index (χ3n) is 3.69. The van der Waals surface area contributed by atoms with Crippen LogP contribution < -0.4 is 4.74 Å². The summed E-state index contributed by atoms with van der Waals surface area (Å²) in [7, 11) is 0. The minimum Gasteiger partial charge on any atom is -0.437 e. The molecule has 0 aliphatic rings. The fourth-order valence-electron chi connectivity index (χ4n) is 2.60. The van der Waals surface area contributed by atoms with Crippen molar-refractivity contribution in [3.63, 3.8) is 0 Å². The van der Waals surface area contributed by atoms with Crippen molar-refractivity contribution in [1.82, 2.24) is 20.0 Å². The second-order valence-corrected chi connectivity index (χ2v) is 8.04. The van der Waals surface area contributed by atoms with Crippen molar-refractivity contribution < 1.29 is 14.2 Å². The summed E-state index contributed by atoms with van der Waals surface area (Å²) in [6, 6.07) is 4.99. The molecule has 1 N–H and O–H groups in total. The zero-order valence-electron chi connectivity index (χ0n) is 14.8. The van der Waals surface area contributed by atoms with E-state index in [-0.39, 0.29) is 24.3 Å². The molecule has 0 fully saturated rings. The highest BCUT2D eigenvalue weighted by Crippen LogP contribution is 2.35. The molecule has 0 unspecified atom stereocenters. The Hall–Kier alpha value is -2.06. The summed E-state index contributed by atoms with van der Waals surface area (Å²) in [5.74, 6) is 0.279. The third-order valence-corrected chi connectivity index (χ3v) is 4.46. The van der Waals surface area contributed by atoms with Crippen molar-refractivity contribution in [2.45, 2.75) is 33.7 Å². The van der Waals surface area contributed by atoms with Crippen LogP contribution in [0.15, 0.2) is 28.9 Å². The van der Waals surface area contributed by atoms with Gasteiger partial charge in [-0.3, -0.25) is 0 Å². The second kappa shape index (κ2) is 7.28. The first kappa shape index (κ1) is 18.7. The Kier molecular flexibility index (Phi) is 5.24. The number of nitrogens with zero attached hydrogens (tertiary/aromatic N) is 4. The number of benzene rings is 1. The first-order valence-corrected chi connectivity index (χ1v) is 9.02. The number of aliphatic hydroxyl groups excluding tert-OH is 1. The van der Waals surface area contributed by atoms with Gasteiger partial charge in [0, 0.05) is 25.1 Å². The molecule has 0 aliphatic heterocycles. The lowest BCUT2D eigenvalue weighted by Gasteiger charge is -2.18. The molecule has 3 aromatic rings. The molecule has 6 nitrogen and oxygen atoms in total. The van der Waals surface area contributed by atoms with Crippen molar-refractivity contribution >= 4 is 27.0 Å². The number of fused-ring (bicyclic) bond motifs is 1. The summed E-state index contributed by atoms with van der Waals surface area (Å²) in [6.07, 6.45) is 1.34. The van der Waals surface area contributed by atoms with Crippen LogP contribution >= 0.6 is 15.9 Å². The van der Waals surface area contributed by atoms with E-state index in [0.29, 0.717) is 21.3 Å². The van der Waals surface area contributed by atoms with Crippen molar-refractivity contribution in [2.24, 2.45) is 5.41 Å². The summed E-state index contributed by atoms with van der Waals surface area (Å²) in [5.41, 5.74) is 2.13. The largest absolute Gasteiger partial charge is 0.437 e. The van der Waals surface area contributed by atoms with Crippen molar-refractivity contribution in [3.05, 3.63) is 40.2 Å². The topological polar surface area (TPSA) is 73.1 Å². The molecule has 0 amide bonds. The van der Waals surface area contributed by atoms with Crippen LogP contribution in [0.3, 0.4) is 0 Å². The van der Waals surface area contributed by atoms with Crippen LogP contribution in [0.1, 0.15) is 26.3 Å². The first-order valence-electron chi connectivity index (χ1n) is 8.23. The summed E-state index contributed by atoms with van der Waals surface area (Å²) >= 11 is 3.52. The Morgan fingerprint density at radius 3 is 2.77 bits per heavy atom. The van der Waals surface area contributed by atoms with Gasteiger partial charge in [-0.1, -0.05) is 26.0 Å². The van der Waals surface area contributed by atoms with Gasteiger partial charge in [0.25, 0.3) is 0 Å². The minimum atomic E-state index is -0.472. The quantitative estimate of drug-likeness (QED) is 0.669. The van der Waals surface area contributed by atoms with Gasteiger partial charge >= 0.3 is 0 Å². The van der Waals surface area contributed by atoms with Crippen molar-refractivity contribution in [3.8, 4) is 11.6 Å². The highest BCUT2D eigenvalue weighted by molar-refractivity contribution is 9.10. The number of aromatic nitrogens is 4. The van der Waals surface area contributed by atoms with Gasteiger partial charge in [-0.05, 0) is 39.5 Å². The maximum atomic E-state index is 13.4. The van der Waals surface area contributed by atoms with Gasteiger partial charge in [0.05, 0.1) is 16.2 Å². The number of rotatable bonds is 5. The van der Waals surface area contributed by atoms with Crippen LogP contribution in [-0.4, -0.2) is 31.7 Å². The van der Waals surface area contributed by atoms with Gasteiger partial charge in [0.15, 0.2) is 0 Å². The van der Waals surface area contributed by atoms with Gasteiger partial charge in [0.1, 0.15) is 17.1 Å². The van der Waals surface area contributed by atoms with Crippen LogP contribution in [-0.2, 0) is 13.0 Å². The summed E-state index contributed by atoms with van der Waals surface area (Å²) < 4.78 is 21.8. The number of pyridine rings is 1. The lowest BCUT2D eigenvalue weighted by Crippen LogP contribution is -2.16. The highest BCUT2D eigenvalue weighted by atomic mass is 79.9. The van der Waals surface area contributed by atoms with Crippen LogP contribution in [0.4, 0.5) is 4.39 Å². The average molecular weight is 423 g/mol. The lowest BCUT2D eigenvalue weighted by atomic mass is 9.97. The van der Waals surface area contributed by atoms with Gasteiger partial charge in [-0.25, -0.2) is 14.1 Å². The third kappa shape index (κ3) is 4.02. The molecule has 0 radical (unpaired) electrons. The summed E-state index contributed by atoms with van der Waals surface area (Å²) in [5, 5.41) is 17.6. The second-order valence-electron chi connectivity index (χ2n) is 7.25. The molecule has 3 rings (SSSR count). The van der Waals surface area contributed by atoms with E-state index >= 15 is 0 Å². The number of hydrogen-bond acceptors (Lipinski definition) is 5. The Morgan fingerprint density at radius 1 is 1.31 bits per heavy atom. The SMILES string of the molecule is CC(C)(C)Cn1nnc2c(Br)c(Oc3ncc(F)cc3CCO)ccc21. The zero-order chi connectivity index (χ0) is 18.9. The van der Waals surface area contributed by atoms with Crippen LogP contribution in [0, 0.1) is 11.2 Å². The summed E-state index contributed by atoms with van der Waals surface area (Å²) in [4.78, 5) is 4.00. The van der Waals surface area contributed by atoms with E-state index in [2.05, 4.69) is 52.0 Å². The Labute approximate surface area is 159 Å². The van der Waals surface area contributed by atoms with E-state index in [4.69, 9.17) is 9.84 Å². The van der Waals surface area contributed by atoms with E-state index in [1.54, 1.807) is 6.07 Å². The average Bonchev–Trinajstić information content (AvgIpc) is 2.94. The molecule has 0 bridgehead atoms. The molecule has 0 saturated carbocycles. The van der Waals surface area contributed by atoms with E-state index in [1.807, 2.05) is 10.7 Å². The minimum absolute atomic E-state index is 0.0690. The standard InChI is InChI=1S/C18H20BrFN4O2/c1-18(2,3)10-24-13-4-5-14(15(19)16(13)22-23-24)26-17-11(6-7-25)8-12(20)9-21-17/h4-5,8-9,25H,6-7,10H2,1-3H3. The maximum absolute atomic E-state index is 13.4. The normalized spacial score (nSPS) is 11.9. The van der Waals surface area contributed by atoms with Gasteiger partial charge < -0.3 is 9.84 Å². The first-order chi connectivity index (χ1) is 12.3. The van der Waals surface area contributed by atoms with E-state index in [0.717, 1.165) is 18.3 Å². The molecular weight excluding hydrogens is 403 g/mol. The molecule has 2 heterocycles. The molecule has 138 valence electrons. The monoisotopic (exact) mass is 422 g/mol. The molecule has 1 aromatic carbocycles. The van der Waals surface area contributed by atoms with Crippen LogP contribution in [0.25, 0.3) is 11.0 Å². The van der Waals surface area contributed by atoms with Gasteiger partial charge in [-0.2, -0.15) is 0 Å². The fraction of sp³-hybridized carbons (Fsp3) is 0.389. The molecule has 0 spiro atoms. The molecule has 8 heteroatoms. The Bertz CT molecular complexity index is 937. The van der Waals surface area contributed by atoms with Crippen LogP contribution in [0.2, 0.25) is 0 Å². The number of halogens is 2. The summed E-state index contributed by atoms with van der Waals surface area (Å²) in [6.45, 7) is 7.01. The van der Waals surface area contributed by atoms with Gasteiger partial charge in [0.2, 0.25) is 5.88 Å². The number of aliphatic hydroxyl groups is 1. The molecule has 0 atom stereocenters. The molecular formula is C18H20BrFN4O2. The Morgan fingerprint density at radius 2 is 2.08 bits per heavy atom. The fourth-order valence-corrected chi connectivity index (χ4v) is 3.09. The van der Waals surface area contributed by atoms with Crippen LogP contribution in [0.5, 0.6) is 11.6 Å². The smallest absolute Gasteiger partial charge is 0.222 e. The van der Waals surface area contributed by atoms with Crippen molar-refractivity contribution in [1.29, 1.82) is 0 Å². The highest BCUT2D eigenvalue weighted by Gasteiger charge is 2.18. The van der Waals surface area contributed by atoms with E-state index < -0.39 is 5.82 Å². The number of hydrogen-bond donors (Lipinski definition) is 1. The zero-order valence-corrected chi connectivity index (χ0v) is 16.4.